The summed E-state index contributed by atoms with van der Waals surface area (Å²) in [4.78, 5) is 12.0. The second kappa shape index (κ2) is 7.73. The molecule has 138 valence electrons. The Morgan fingerprint density at radius 1 is 1.08 bits per heavy atom. The van der Waals surface area contributed by atoms with Crippen LogP contribution in [0, 0.1) is 0 Å². The maximum atomic E-state index is 12.0. The maximum absolute atomic E-state index is 12.0. The largest absolute Gasteiger partial charge is 0.454 e. The highest BCUT2D eigenvalue weighted by atomic mass is 32.2. The number of sulfonamides is 1. The number of hydrogen-bond donors (Lipinski definition) is 3. The smallest absolute Gasteiger partial charge is 0.238 e. The van der Waals surface area contributed by atoms with Crippen molar-refractivity contribution in [3.8, 4) is 11.5 Å². The molecule has 9 heteroatoms. The molecule has 0 saturated carbocycles. The highest BCUT2D eigenvalue weighted by Crippen LogP contribution is 2.34. The van der Waals surface area contributed by atoms with Gasteiger partial charge in [-0.3, -0.25) is 4.79 Å². The van der Waals surface area contributed by atoms with E-state index in [1.54, 1.807) is 30.3 Å². The second-order valence-corrected chi connectivity index (χ2v) is 7.29. The number of anilines is 1. The lowest BCUT2D eigenvalue weighted by molar-refractivity contribution is -0.115. The molecule has 0 radical (unpaired) electrons. The first kappa shape index (κ1) is 18.2. The number of ether oxygens (including phenoxy) is 2. The van der Waals surface area contributed by atoms with Crippen molar-refractivity contribution in [2.24, 2.45) is 5.14 Å². The van der Waals surface area contributed by atoms with Crippen molar-refractivity contribution in [2.45, 2.75) is 11.3 Å². The first-order valence-electron chi connectivity index (χ1n) is 7.94. The summed E-state index contributed by atoms with van der Waals surface area (Å²) in [7, 11) is -3.67. The highest BCUT2D eigenvalue weighted by molar-refractivity contribution is 7.89. The third kappa shape index (κ3) is 4.72. The van der Waals surface area contributed by atoms with E-state index in [4.69, 9.17) is 14.6 Å². The summed E-state index contributed by atoms with van der Waals surface area (Å²) in [5, 5.41) is 10.9. The van der Waals surface area contributed by atoms with E-state index in [1.807, 2.05) is 0 Å². The van der Waals surface area contributed by atoms with Crippen molar-refractivity contribution in [1.29, 1.82) is 0 Å². The van der Waals surface area contributed by atoms with E-state index in [0.29, 0.717) is 30.2 Å². The van der Waals surface area contributed by atoms with Gasteiger partial charge in [-0.15, -0.1) is 0 Å². The van der Waals surface area contributed by atoms with Gasteiger partial charge in [-0.2, -0.15) is 0 Å². The van der Waals surface area contributed by atoms with E-state index in [9.17, 15) is 13.2 Å². The Morgan fingerprint density at radius 2 is 1.81 bits per heavy atom. The quantitative estimate of drug-likeness (QED) is 0.615. The van der Waals surface area contributed by atoms with Crippen LogP contribution in [0.5, 0.6) is 11.5 Å². The summed E-state index contributed by atoms with van der Waals surface area (Å²) in [6.07, 6.45) is 0.655. The summed E-state index contributed by atoms with van der Waals surface area (Å²) in [5.74, 6) is 1.10. The zero-order valence-corrected chi connectivity index (χ0v) is 14.7. The van der Waals surface area contributed by atoms with Gasteiger partial charge >= 0.3 is 0 Å². The number of nitrogens with one attached hydrogen (secondary N) is 2. The molecule has 1 amide bonds. The first-order valence-corrected chi connectivity index (χ1v) is 9.48. The molecule has 26 heavy (non-hydrogen) atoms. The van der Waals surface area contributed by atoms with Crippen molar-refractivity contribution in [2.75, 3.05) is 25.2 Å². The number of rotatable bonds is 7. The maximum Gasteiger partial charge on any atom is 0.238 e. The normalized spacial score (nSPS) is 12.8. The molecular formula is C17H19N3O5S. The SMILES string of the molecule is NS(=O)(=O)c1ccc(CCNCC(=O)Nc2ccc3c(c2)OCO3)cc1. The summed E-state index contributed by atoms with van der Waals surface area (Å²) < 4.78 is 32.9. The second-order valence-electron chi connectivity index (χ2n) is 5.73. The minimum Gasteiger partial charge on any atom is -0.454 e. The zero-order valence-electron chi connectivity index (χ0n) is 13.9. The minimum atomic E-state index is -3.67. The molecule has 1 heterocycles. The molecule has 2 aromatic rings. The fourth-order valence-electron chi connectivity index (χ4n) is 2.46. The summed E-state index contributed by atoms with van der Waals surface area (Å²) in [5.41, 5.74) is 1.58. The Bertz CT molecular complexity index is 897. The van der Waals surface area contributed by atoms with E-state index in [2.05, 4.69) is 10.6 Å². The van der Waals surface area contributed by atoms with Gasteiger partial charge in [0.1, 0.15) is 0 Å². The molecule has 0 bridgehead atoms. The standard InChI is InChI=1S/C17H19N3O5S/c18-26(22,23)14-4-1-12(2-5-14)7-8-19-10-17(21)20-13-3-6-15-16(9-13)25-11-24-15/h1-6,9,19H,7-8,10-11H2,(H,20,21)(H2,18,22,23). The molecule has 4 N–H and O–H groups in total. The number of carbonyl (C=O) groups excluding carboxylic acids is 1. The van der Waals surface area contributed by atoms with Crippen molar-refractivity contribution in [1.82, 2.24) is 5.32 Å². The van der Waals surface area contributed by atoms with Gasteiger partial charge in [0, 0.05) is 11.8 Å². The van der Waals surface area contributed by atoms with Gasteiger partial charge in [0.05, 0.1) is 11.4 Å². The van der Waals surface area contributed by atoms with Crippen LogP contribution < -0.4 is 25.2 Å². The van der Waals surface area contributed by atoms with Gasteiger partial charge in [-0.05, 0) is 42.8 Å². The molecule has 0 saturated heterocycles. The van der Waals surface area contributed by atoms with Crippen LogP contribution in [0.15, 0.2) is 47.4 Å². The third-order valence-corrected chi connectivity index (χ3v) is 4.71. The summed E-state index contributed by atoms with van der Waals surface area (Å²) in [6.45, 7) is 0.916. The van der Waals surface area contributed by atoms with Crippen LogP contribution in [-0.2, 0) is 21.2 Å². The van der Waals surface area contributed by atoms with Crippen LogP contribution in [0.4, 0.5) is 5.69 Å². The number of amides is 1. The molecule has 0 aliphatic carbocycles. The molecule has 3 rings (SSSR count). The Labute approximate surface area is 151 Å². The van der Waals surface area contributed by atoms with Crippen LogP contribution in [-0.4, -0.2) is 34.2 Å². The van der Waals surface area contributed by atoms with Crippen LogP contribution in [0.1, 0.15) is 5.56 Å². The fraction of sp³-hybridized carbons (Fsp3) is 0.235. The molecule has 0 unspecified atom stereocenters. The molecule has 1 aliphatic heterocycles. The lowest BCUT2D eigenvalue weighted by atomic mass is 10.1. The van der Waals surface area contributed by atoms with E-state index in [-0.39, 0.29) is 24.1 Å². The van der Waals surface area contributed by atoms with Crippen molar-refractivity contribution < 1.29 is 22.7 Å². The lowest BCUT2D eigenvalue weighted by Gasteiger charge is -2.08. The van der Waals surface area contributed by atoms with E-state index in [1.165, 1.54) is 12.1 Å². The predicted octanol–water partition coefficient (Wildman–Crippen LogP) is 0.833. The summed E-state index contributed by atoms with van der Waals surface area (Å²) >= 11 is 0. The van der Waals surface area contributed by atoms with Gasteiger partial charge < -0.3 is 20.1 Å². The number of hydrogen-bond acceptors (Lipinski definition) is 6. The number of nitrogens with two attached hydrogens (primary N) is 1. The van der Waals surface area contributed by atoms with Crippen molar-refractivity contribution in [3.05, 3.63) is 48.0 Å². The molecule has 1 aliphatic rings. The minimum absolute atomic E-state index is 0.0808. The van der Waals surface area contributed by atoms with Crippen LogP contribution >= 0.6 is 0 Å². The first-order chi connectivity index (χ1) is 12.4. The molecule has 8 nitrogen and oxygen atoms in total. The fourth-order valence-corrected chi connectivity index (χ4v) is 2.98. The zero-order chi connectivity index (χ0) is 18.6. The average Bonchev–Trinajstić information content (AvgIpc) is 3.06. The van der Waals surface area contributed by atoms with E-state index in [0.717, 1.165) is 5.56 Å². The average molecular weight is 377 g/mol. The molecule has 0 aromatic heterocycles. The Hall–Kier alpha value is -2.62. The van der Waals surface area contributed by atoms with Crippen LogP contribution in [0.3, 0.4) is 0 Å². The summed E-state index contributed by atoms with van der Waals surface area (Å²) in [6, 6.07) is 11.6. The van der Waals surface area contributed by atoms with Gasteiger partial charge in [-0.1, -0.05) is 12.1 Å². The van der Waals surface area contributed by atoms with E-state index >= 15 is 0 Å². The van der Waals surface area contributed by atoms with Crippen molar-refractivity contribution >= 4 is 21.6 Å². The molecule has 0 atom stereocenters. The molecule has 0 spiro atoms. The van der Waals surface area contributed by atoms with E-state index < -0.39 is 10.0 Å². The Morgan fingerprint density at radius 3 is 2.54 bits per heavy atom. The molecule has 2 aromatic carbocycles. The number of fused-ring (bicyclic) bond motifs is 1. The van der Waals surface area contributed by atoms with Gasteiger partial charge in [0.15, 0.2) is 11.5 Å². The topological polar surface area (TPSA) is 120 Å². The van der Waals surface area contributed by atoms with Gasteiger partial charge in [0.2, 0.25) is 22.7 Å². The third-order valence-electron chi connectivity index (χ3n) is 3.78. The molecular weight excluding hydrogens is 358 g/mol. The number of benzene rings is 2. The Balaban J connectivity index is 1.41. The van der Waals surface area contributed by atoms with Gasteiger partial charge in [0.25, 0.3) is 0 Å². The Kier molecular flexibility index (Phi) is 5.40. The van der Waals surface area contributed by atoms with Crippen LogP contribution in [0.25, 0.3) is 0 Å². The monoisotopic (exact) mass is 377 g/mol. The van der Waals surface area contributed by atoms with Crippen molar-refractivity contribution in [3.63, 3.8) is 0 Å². The van der Waals surface area contributed by atoms with Gasteiger partial charge in [-0.25, -0.2) is 13.6 Å². The lowest BCUT2D eigenvalue weighted by Crippen LogP contribution is -2.29. The predicted molar refractivity (Wildman–Crippen MR) is 95.6 cm³/mol. The molecule has 0 fully saturated rings. The number of primary sulfonamides is 1. The number of carbonyl (C=O) groups is 1. The van der Waals surface area contributed by atoms with Crippen LogP contribution in [0.2, 0.25) is 0 Å². The highest BCUT2D eigenvalue weighted by Gasteiger charge is 2.14.